The van der Waals surface area contributed by atoms with Gasteiger partial charge in [0.05, 0.1) is 12.2 Å². The van der Waals surface area contributed by atoms with E-state index in [1.54, 1.807) is 20.8 Å². The van der Waals surface area contributed by atoms with Crippen molar-refractivity contribution >= 4 is 5.97 Å². The second-order valence-electron chi connectivity index (χ2n) is 4.26. The molecule has 0 radical (unpaired) electrons. The molecule has 5 heteroatoms. The van der Waals surface area contributed by atoms with Gasteiger partial charge in [0.2, 0.25) is 5.88 Å². The third-order valence-corrected chi connectivity index (χ3v) is 1.78. The zero-order valence-electron chi connectivity index (χ0n) is 10.9. The van der Waals surface area contributed by atoms with Crippen LogP contribution in [0.25, 0.3) is 0 Å². The Kier molecular flexibility index (Phi) is 4.43. The highest BCUT2D eigenvalue weighted by atomic mass is 16.5. The molecule has 0 unspecified atom stereocenters. The van der Waals surface area contributed by atoms with Gasteiger partial charge in [-0.15, -0.1) is 0 Å². The third-order valence-electron chi connectivity index (χ3n) is 1.78. The molecule has 1 aromatic rings. The first-order valence-electron chi connectivity index (χ1n) is 5.61. The molecule has 1 aromatic heterocycles. The van der Waals surface area contributed by atoms with Gasteiger partial charge in [-0.05, 0) is 34.6 Å². The van der Waals surface area contributed by atoms with Crippen molar-refractivity contribution in [2.45, 2.75) is 46.8 Å². The maximum absolute atomic E-state index is 11.8. The molecule has 5 nitrogen and oxygen atoms in total. The largest absolute Gasteiger partial charge is 0.474 e. The van der Waals surface area contributed by atoms with E-state index in [4.69, 9.17) is 9.47 Å². The van der Waals surface area contributed by atoms with Crippen LogP contribution in [-0.2, 0) is 4.74 Å². The van der Waals surface area contributed by atoms with Crippen LogP contribution >= 0.6 is 0 Å². The number of aromatic nitrogens is 2. The van der Waals surface area contributed by atoms with Gasteiger partial charge in [0.1, 0.15) is 11.4 Å². The van der Waals surface area contributed by atoms with Crippen molar-refractivity contribution in [3.05, 3.63) is 17.6 Å². The van der Waals surface area contributed by atoms with E-state index in [2.05, 4.69) is 9.97 Å². The van der Waals surface area contributed by atoms with Crippen LogP contribution in [0.4, 0.5) is 0 Å². The summed E-state index contributed by atoms with van der Waals surface area (Å²) in [6.45, 7) is 9.06. The van der Waals surface area contributed by atoms with E-state index in [-0.39, 0.29) is 23.7 Å². The monoisotopic (exact) mass is 238 g/mol. The highest BCUT2D eigenvalue weighted by Gasteiger charge is 2.18. The molecule has 0 saturated carbocycles. The number of rotatable bonds is 4. The highest BCUT2D eigenvalue weighted by Crippen LogP contribution is 2.17. The number of nitrogens with zero attached hydrogens (tertiary/aromatic N) is 2. The molecule has 0 saturated heterocycles. The van der Waals surface area contributed by atoms with Crippen LogP contribution < -0.4 is 4.74 Å². The Labute approximate surface area is 101 Å². The molecule has 0 amide bonds. The van der Waals surface area contributed by atoms with E-state index < -0.39 is 5.97 Å². The fourth-order valence-electron chi connectivity index (χ4n) is 1.18. The maximum Gasteiger partial charge on any atom is 0.345 e. The van der Waals surface area contributed by atoms with Gasteiger partial charge in [-0.2, -0.15) is 4.98 Å². The Bertz CT molecular complexity index is 403. The van der Waals surface area contributed by atoms with Gasteiger partial charge in [-0.25, -0.2) is 9.78 Å². The average molecular weight is 238 g/mol. The second-order valence-corrected chi connectivity index (χ2v) is 4.26. The SMILES string of the molecule is Cc1ncc(C(=O)OC(C)C)c(OC(C)C)n1. The van der Waals surface area contributed by atoms with Crippen molar-refractivity contribution in [1.82, 2.24) is 9.97 Å². The molecule has 0 spiro atoms. The van der Waals surface area contributed by atoms with Crippen LogP contribution in [0.15, 0.2) is 6.20 Å². The van der Waals surface area contributed by atoms with Crippen molar-refractivity contribution in [3.8, 4) is 5.88 Å². The summed E-state index contributed by atoms with van der Waals surface area (Å²) in [6.07, 6.45) is 1.19. The zero-order valence-corrected chi connectivity index (χ0v) is 10.9. The van der Waals surface area contributed by atoms with Gasteiger partial charge in [-0.1, -0.05) is 0 Å². The summed E-state index contributed by atoms with van der Waals surface area (Å²) >= 11 is 0. The quantitative estimate of drug-likeness (QED) is 0.752. The molecule has 1 heterocycles. The third kappa shape index (κ3) is 4.01. The van der Waals surface area contributed by atoms with Gasteiger partial charge in [0, 0.05) is 6.20 Å². The van der Waals surface area contributed by atoms with Gasteiger partial charge in [-0.3, -0.25) is 0 Å². The number of aryl methyl sites for hydroxylation is 1. The predicted octanol–water partition coefficient (Wildman–Crippen LogP) is 2.14. The second kappa shape index (κ2) is 5.61. The minimum atomic E-state index is -0.462. The molecule has 0 atom stereocenters. The minimum absolute atomic E-state index is 0.0603. The Morgan fingerprint density at radius 2 is 1.88 bits per heavy atom. The fraction of sp³-hybridized carbons (Fsp3) is 0.583. The van der Waals surface area contributed by atoms with Crippen LogP contribution in [0.5, 0.6) is 5.88 Å². The Morgan fingerprint density at radius 3 is 2.41 bits per heavy atom. The van der Waals surface area contributed by atoms with Crippen molar-refractivity contribution in [1.29, 1.82) is 0 Å². The van der Waals surface area contributed by atoms with E-state index >= 15 is 0 Å². The van der Waals surface area contributed by atoms with Crippen LogP contribution in [0.1, 0.15) is 43.9 Å². The van der Waals surface area contributed by atoms with Crippen molar-refractivity contribution in [3.63, 3.8) is 0 Å². The lowest BCUT2D eigenvalue weighted by atomic mass is 10.3. The lowest BCUT2D eigenvalue weighted by molar-refractivity contribution is 0.0370. The number of hydrogen-bond donors (Lipinski definition) is 0. The molecule has 0 bridgehead atoms. The van der Waals surface area contributed by atoms with Gasteiger partial charge >= 0.3 is 5.97 Å². The molecular formula is C12H18N2O3. The number of carbonyl (C=O) groups is 1. The standard InChI is InChI=1S/C12H18N2O3/c1-7(2)16-11-10(6-13-9(5)14-11)12(15)17-8(3)4/h6-8H,1-5H3. The smallest absolute Gasteiger partial charge is 0.345 e. The van der Waals surface area contributed by atoms with E-state index in [9.17, 15) is 4.79 Å². The fourth-order valence-corrected chi connectivity index (χ4v) is 1.18. The van der Waals surface area contributed by atoms with Crippen LogP contribution in [0.3, 0.4) is 0 Å². The first-order valence-corrected chi connectivity index (χ1v) is 5.61. The topological polar surface area (TPSA) is 61.3 Å². The summed E-state index contributed by atoms with van der Waals surface area (Å²) < 4.78 is 10.6. The van der Waals surface area contributed by atoms with Crippen molar-refractivity contribution in [2.24, 2.45) is 0 Å². The average Bonchev–Trinajstić information content (AvgIpc) is 2.15. The van der Waals surface area contributed by atoms with E-state index in [1.807, 2.05) is 13.8 Å². The maximum atomic E-state index is 11.8. The molecule has 0 aliphatic heterocycles. The summed E-state index contributed by atoms with van der Waals surface area (Å²) in [5.41, 5.74) is 0.262. The highest BCUT2D eigenvalue weighted by molar-refractivity contribution is 5.91. The Morgan fingerprint density at radius 1 is 1.24 bits per heavy atom. The van der Waals surface area contributed by atoms with Crippen LogP contribution in [0.2, 0.25) is 0 Å². The van der Waals surface area contributed by atoms with Crippen molar-refractivity contribution in [2.75, 3.05) is 0 Å². The molecule has 0 aliphatic rings. The molecule has 17 heavy (non-hydrogen) atoms. The van der Waals surface area contributed by atoms with Gasteiger partial charge < -0.3 is 9.47 Å². The summed E-state index contributed by atoms with van der Waals surface area (Å²) in [6, 6.07) is 0. The number of carbonyl (C=O) groups excluding carboxylic acids is 1. The Hall–Kier alpha value is -1.65. The van der Waals surface area contributed by atoms with E-state index in [1.165, 1.54) is 6.20 Å². The van der Waals surface area contributed by atoms with Gasteiger partial charge in [0.15, 0.2) is 0 Å². The molecule has 94 valence electrons. The summed E-state index contributed by atoms with van der Waals surface area (Å²) in [7, 11) is 0. The van der Waals surface area contributed by atoms with Crippen LogP contribution in [0, 0.1) is 6.92 Å². The summed E-state index contributed by atoms with van der Waals surface area (Å²) in [4.78, 5) is 19.9. The first kappa shape index (κ1) is 13.4. The molecular weight excluding hydrogens is 220 g/mol. The minimum Gasteiger partial charge on any atom is -0.474 e. The summed E-state index contributed by atoms with van der Waals surface area (Å²) in [5.74, 6) is 0.371. The van der Waals surface area contributed by atoms with Crippen LogP contribution in [-0.4, -0.2) is 28.1 Å². The number of esters is 1. The lowest BCUT2D eigenvalue weighted by Gasteiger charge is -2.13. The molecule has 1 rings (SSSR count). The number of ether oxygens (including phenoxy) is 2. The predicted molar refractivity (Wildman–Crippen MR) is 63.1 cm³/mol. The van der Waals surface area contributed by atoms with E-state index in [0.717, 1.165) is 0 Å². The molecule has 0 fully saturated rings. The van der Waals surface area contributed by atoms with Gasteiger partial charge in [0.25, 0.3) is 0 Å². The Balaban J connectivity index is 3.01. The lowest BCUT2D eigenvalue weighted by Crippen LogP contribution is -2.17. The number of hydrogen-bond acceptors (Lipinski definition) is 5. The summed E-state index contributed by atoms with van der Waals surface area (Å²) in [5, 5.41) is 0. The molecule has 0 aromatic carbocycles. The molecule has 0 N–H and O–H groups in total. The normalized spacial score (nSPS) is 10.8. The molecule has 0 aliphatic carbocycles. The zero-order chi connectivity index (χ0) is 13.0. The van der Waals surface area contributed by atoms with E-state index in [0.29, 0.717) is 5.82 Å². The first-order chi connectivity index (χ1) is 7.90. The van der Waals surface area contributed by atoms with Crippen molar-refractivity contribution < 1.29 is 14.3 Å².